The van der Waals surface area contributed by atoms with Gasteiger partial charge in [0, 0.05) is 54.5 Å². The van der Waals surface area contributed by atoms with Crippen molar-refractivity contribution in [2.45, 2.75) is 46.2 Å². The zero-order valence-electron chi connectivity index (χ0n) is 19.3. The molecule has 32 heavy (non-hydrogen) atoms. The summed E-state index contributed by atoms with van der Waals surface area (Å²) in [6.45, 7) is 8.35. The molecule has 2 amide bonds. The quantitative estimate of drug-likeness (QED) is 0.596. The van der Waals surface area contributed by atoms with E-state index in [0.29, 0.717) is 18.6 Å². The molecule has 1 N–H and O–H groups in total. The summed E-state index contributed by atoms with van der Waals surface area (Å²) in [4.78, 5) is 26.9. The molecule has 1 unspecified atom stereocenters. The number of fused-ring (bicyclic) bond motifs is 1. The molecule has 0 bridgehead atoms. The first kappa shape index (κ1) is 22.1. The zero-order valence-corrected chi connectivity index (χ0v) is 19.3. The highest BCUT2D eigenvalue weighted by Crippen LogP contribution is 2.28. The number of hydrogen-bond acceptors (Lipinski definition) is 3. The lowest BCUT2D eigenvalue weighted by molar-refractivity contribution is -0.117. The number of anilines is 1. The Balaban J connectivity index is 1.53. The van der Waals surface area contributed by atoms with E-state index in [1.165, 1.54) is 11.3 Å². The molecule has 6 heteroatoms. The van der Waals surface area contributed by atoms with E-state index in [4.69, 9.17) is 4.74 Å². The van der Waals surface area contributed by atoms with E-state index in [0.717, 1.165) is 41.7 Å². The van der Waals surface area contributed by atoms with Crippen LogP contribution in [0, 0.1) is 13.8 Å². The Morgan fingerprint density at radius 2 is 2.00 bits per heavy atom. The van der Waals surface area contributed by atoms with Crippen molar-refractivity contribution in [1.29, 1.82) is 0 Å². The maximum Gasteiger partial charge on any atom is 0.251 e. The maximum absolute atomic E-state index is 13.0. The molecule has 1 saturated heterocycles. The molecule has 0 radical (unpaired) electrons. The van der Waals surface area contributed by atoms with Crippen molar-refractivity contribution in [3.63, 3.8) is 0 Å². The number of rotatable bonds is 7. The summed E-state index contributed by atoms with van der Waals surface area (Å²) in [5.41, 5.74) is 6.01. The van der Waals surface area contributed by atoms with Gasteiger partial charge in [-0.15, -0.1) is 0 Å². The van der Waals surface area contributed by atoms with Crippen molar-refractivity contribution >= 4 is 28.4 Å². The number of nitrogens with one attached hydrogen (secondary N) is 1. The topological polar surface area (TPSA) is 63.6 Å². The van der Waals surface area contributed by atoms with Crippen LogP contribution in [0.2, 0.25) is 0 Å². The molecule has 0 saturated carbocycles. The molecule has 0 aliphatic carbocycles. The molecule has 1 aliphatic heterocycles. The van der Waals surface area contributed by atoms with Crippen LogP contribution in [0.5, 0.6) is 0 Å². The van der Waals surface area contributed by atoms with Crippen molar-refractivity contribution in [3.8, 4) is 0 Å². The first-order valence-corrected chi connectivity index (χ1v) is 11.2. The SMILES string of the molecule is COCCn1c(C)c(C)c2cc(C(=O)NC(C)c3cccc(N4CCCC4=O)c3)ccc21. The molecule has 1 fully saturated rings. The fourth-order valence-electron chi connectivity index (χ4n) is 4.51. The second-order valence-electron chi connectivity index (χ2n) is 8.53. The third-order valence-corrected chi connectivity index (χ3v) is 6.52. The summed E-state index contributed by atoms with van der Waals surface area (Å²) in [5, 5.41) is 4.20. The van der Waals surface area contributed by atoms with E-state index in [9.17, 15) is 9.59 Å². The molecule has 1 atom stereocenters. The molecule has 4 rings (SSSR count). The molecule has 0 spiro atoms. The lowest BCUT2D eigenvalue weighted by Crippen LogP contribution is -2.27. The van der Waals surface area contributed by atoms with E-state index in [-0.39, 0.29) is 17.9 Å². The van der Waals surface area contributed by atoms with Crippen LogP contribution in [-0.4, -0.2) is 36.6 Å². The minimum absolute atomic E-state index is 0.108. The Kier molecular flexibility index (Phi) is 6.33. The van der Waals surface area contributed by atoms with Gasteiger partial charge in [-0.2, -0.15) is 0 Å². The van der Waals surface area contributed by atoms with E-state index >= 15 is 0 Å². The fourth-order valence-corrected chi connectivity index (χ4v) is 4.51. The van der Waals surface area contributed by atoms with Crippen molar-refractivity contribution in [2.75, 3.05) is 25.2 Å². The normalized spacial score (nSPS) is 14.9. The van der Waals surface area contributed by atoms with Crippen LogP contribution in [0.3, 0.4) is 0 Å². The van der Waals surface area contributed by atoms with Gasteiger partial charge in [0.15, 0.2) is 0 Å². The number of aryl methyl sites for hydroxylation is 1. The minimum atomic E-state index is -0.176. The van der Waals surface area contributed by atoms with E-state index < -0.39 is 0 Å². The predicted molar refractivity (Wildman–Crippen MR) is 127 cm³/mol. The second kappa shape index (κ2) is 9.17. The van der Waals surface area contributed by atoms with Gasteiger partial charge in [-0.1, -0.05) is 12.1 Å². The van der Waals surface area contributed by atoms with Crippen molar-refractivity contribution < 1.29 is 14.3 Å². The minimum Gasteiger partial charge on any atom is -0.383 e. The Labute approximate surface area is 189 Å². The van der Waals surface area contributed by atoms with Gasteiger partial charge in [-0.05, 0) is 68.7 Å². The summed E-state index contributed by atoms with van der Waals surface area (Å²) in [6.07, 6.45) is 1.50. The molecule has 3 aromatic rings. The van der Waals surface area contributed by atoms with E-state index in [1.807, 2.05) is 54.3 Å². The van der Waals surface area contributed by atoms with Gasteiger partial charge < -0.3 is 19.5 Å². The highest BCUT2D eigenvalue weighted by Gasteiger charge is 2.22. The van der Waals surface area contributed by atoms with Crippen molar-refractivity contribution in [2.24, 2.45) is 0 Å². The number of benzene rings is 2. The second-order valence-corrected chi connectivity index (χ2v) is 8.53. The molecule has 2 aromatic carbocycles. The van der Waals surface area contributed by atoms with Gasteiger partial charge in [0.25, 0.3) is 5.91 Å². The van der Waals surface area contributed by atoms with Gasteiger partial charge in [-0.3, -0.25) is 9.59 Å². The van der Waals surface area contributed by atoms with Gasteiger partial charge in [-0.25, -0.2) is 0 Å². The fraction of sp³-hybridized carbons (Fsp3) is 0.385. The molecule has 168 valence electrons. The van der Waals surface area contributed by atoms with Crippen LogP contribution in [0.25, 0.3) is 10.9 Å². The zero-order chi connectivity index (χ0) is 22.8. The lowest BCUT2D eigenvalue weighted by atomic mass is 10.1. The first-order valence-electron chi connectivity index (χ1n) is 11.2. The highest BCUT2D eigenvalue weighted by molar-refractivity contribution is 5.99. The molecule has 1 aromatic heterocycles. The number of ether oxygens (including phenoxy) is 1. The van der Waals surface area contributed by atoms with E-state index in [2.05, 4.69) is 23.7 Å². The molecule has 1 aliphatic rings. The molecule has 6 nitrogen and oxygen atoms in total. The third kappa shape index (κ3) is 4.15. The monoisotopic (exact) mass is 433 g/mol. The number of carbonyl (C=O) groups excluding carboxylic acids is 2. The summed E-state index contributed by atoms with van der Waals surface area (Å²) in [6, 6.07) is 13.6. The number of hydrogen-bond donors (Lipinski definition) is 1. The van der Waals surface area contributed by atoms with Crippen LogP contribution >= 0.6 is 0 Å². The van der Waals surface area contributed by atoms with Crippen LogP contribution in [0.15, 0.2) is 42.5 Å². The van der Waals surface area contributed by atoms with Gasteiger partial charge >= 0.3 is 0 Å². The van der Waals surface area contributed by atoms with Crippen molar-refractivity contribution in [1.82, 2.24) is 9.88 Å². The predicted octanol–water partition coefficient (Wildman–Crippen LogP) is 4.52. The average molecular weight is 434 g/mol. The van der Waals surface area contributed by atoms with Crippen LogP contribution in [0.4, 0.5) is 5.69 Å². The van der Waals surface area contributed by atoms with Crippen molar-refractivity contribution in [3.05, 3.63) is 64.8 Å². The number of amides is 2. The first-order chi connectivity index (χ1) is 15.4. The number of methoxy groups -OCH3 is 1. The maximum atomic E-state index is 13.0. The van der Waals surface area contributed by atoms with Crippen LogP contribution < -0.4 is 10.2 Å². The Bertz CT molecular complexity index is 1160. The summed E-state index contributed by atoms with van der Waals surface area (Å²) in [7, 11) is 1.70. The summed E-state index contributed by atoms with van der Waals surface area (Å²) < 4.78 is 7.49. The molecule has 2 heterocycles. The smallest absolute Gasteiger partial charge is 0.251 e. The van der Waals surface area contributed by atoms with Gasteiger partial charge in [0.05, 0.1) is 12.6 Å². The standard InChI is InChI=1S/C26H31N3O3/c1-17-19(3)28(13-14-32-4)24-11-10-21(16-23(17)24)26(31)27-18(2)20-7-5-8-22(15-20)29-12-6-9-25(29)30/h5,7-8,10-11,15-16,18H,6,9,12-14H2,1-4H3,(H,27,31). The van der Waals surface area contributed by atoms with Gasteiger partial charge in [0.1, 0.15) is 0 Å². The Hall–Kier alpha value is -3.12. The Morgan fingerprint density at radius 1 is 1.19 bits per heavy atom. The summed E-state index contributed by atoms with van der Waals surface area (Å²) in [5.74, 6) is 0.0546. The largest absolute Gasteiger partial charge is 0.383 e. The average Bonchev–Trinajstić information content (AvgIpc) is 3.33. The van der Waals surface area contributed by atoms with Crippen LogP contribution in [0.1, 0.15) is 53.0 Å². The third-order valence-electron chi connectivity index (χ3n) is 6.52. The lowest BCUT2D eigenvalue weighted by Gasteiger charge is -2.19. The van der Waals surface area contributed by atoms with Crippen LogP contribution in [-0.2, 0) is 16.1 Å². The number of carbonyl (C=O) groups is 2. The molecular weight excluding hydrogens is 402 g/mol. The molecular formula is C26H31N3O3. The number of aromatic nitrogens is 1. The highest BCUT2D eigenvalue weighted by atomic mass is 16.5. The summed E-state index contributed by atoms with van der Waals surface area (Å²) >= 11 is 0. The van der Waals surface area contributed by atoms with Gasteiger partial charge in [0.2, 0.25) is 5.91 Å². The van der Waals surface area contributed by atoms with E-state index in [1.54, 1.807) is 7.11 Å². The number of nitrogens with zero attached hydrogens (tertiary/aromatic N) is 2. The Morgan fingerprint density at radius 3 is 2.72 bits per heavy atom.